The summed E-state index contributed by atoms with van der Waals surface area (Å²) in [6, 6.07) is 5.38. The van der Waals surface area contributed by atoms with Crippen LogP contribution in [-0.4, -0.2) is 29.5 Å². The number of halogens is 2. The number of nitrogens with zero attached hydrogens (tertiary/aromatic N) is 3. The molecular weight excluding hydrogens is 326 g/mol. The van der Waals surface area contributed by atoms with E-state index in [0.29, 0.717) is 30.3 Å². The molecule has 1 aliphatic rings. The number of nitriles is 1. The summed E-state index contributed by atoms with van der Waals surface area (Å²) in [6.07, 6.45) is 2.68. The van der Waals surface area contributed by atoms with Crippen molar-refractivity contribution in [3.8, 4) is 6.07 Å². The fraction of sp³-hybridized carbons (Fsp3) is 0.444. The highest BCUT2D eigenvalue weighted by molar-refractivity contribution is 5.45. The average molecular weight is 346 g/mol. The molecule has 2 heterocycles. The molecule has 1 aliphatic heterocycles. The molecule has 1 atom stereocenters. The van der Waals surface area contributed by atoms with Crippen LogP contribution in [0.5, 0.6) is 0 Å². The molecule has 1 N–H and O–H groups in total. The van der Waals surface area contributed by atoms with Crippen molar-refractivity contribution in [3.05, 3.63) is 47.0 Å². The van der Waals surface area contributed by atoms with Gasteiger partial charge in [-0.15, -0.1) is 0 Å². The zero-order chi connectivity index (χ0) is 17.8. The maximum Gasteiger partial charge on any atom is 0.232 e. The van der Waals surface area contributed by atoms with Crippen LogP contribution in [-0.2, 0) is 6.42 Å². The Labute approximate surface area is 145 Å². The first kappa shape index (κ1) is 17.4. The van der Waals surface area contributed by atoms with Crippen molar-refractivity contribution in [2.24, 2.45) is 0 Å². The molecule has 0 radical (unpaired) electrons. The Morgan fingerprint density at radius 3 is 2.76 bits per heavy atom. The third-order valence-corrected chi connectivity index (χ3v) is 4.44. The van der Waals surface area contributed by atoms with E-state index in [1.54, 1.807) is 0 Å². The third-order valence-electron chi connectivity index (χ3n) is 4.44. The van der Waals surface area contributed by atoms with Crippen LogP contribution in [0, 0.1) is 23.0 Å². The van der Waals surface area contributed by atoms with Gasteiger partial charge in [0.1, 0.15) is 17.7 Å². The summed E-state index contributed by atoms with van der Waals surface area (Å²) in [5.41, 5.74) is 0.626. The Morgan fingerprint density at radius 2 is 2.12 bits per heavy atom. The molecule has 0 aliphatic carbocycles. The van der Waals surface area contributed by atoms with E-state index >= 15 is 0 Å². The molecular formula is C18H20F2N4O. The van der Waals surface area contributed by atoms with Crippen LogP contribution in [0.25, 0.3) is 0 Å². The van der Waals surface area contributed by atoms with Gasteiger partial charge in [0.2, 0.25) is 11.6 Å². The van der Waals surface area contributed by atoms with Gasteiger partial charge in [0.15, 0.2) is 5.89 Å². The standard InChI is InChI=1S/C18H20F2N4O/c1-2-17-23-15(10-21)18(25-17)22-11-16(24-7-3-4-8-24)13-6-5-12(19)9-14(13)20/h5-6,9,16,22H,2-4,7-8,11H2,1H3. The van der Waals surface area contributed by atoms with Gasteiger partial charge in [-0.1, -0.05) is 13.0 Å². The van der Waals surface area contributed by atoms with Crippen LogP contribution in [0.1, 0.15) is 43.0 Å². The number of anilines is 1. The lowest BCUT2D eigenvalue weighted by molar-refractivity contribution is 0.249. The second-order valence-electron chi connectivity index (χ2n) is 6.06. The molecule has 1 saturated heterocycles. The molecule has 5 nitrogen and oxygen atoms in total. The number of aromatic nitrogens is 1. The zero-order valence-electron chi connectivity index (χ0n) is 14.1. The molecule has 1 aromatic heterocycles. The summed E-state index contributed by atoms with van der Waals surface area (Å²) in [7, 11) is 0. The van der Waals surface area contributed by atoms with E-state index < -0.39 is 11.6 Å². The lowest BCUT2D eigenvalue weighted by atomic mass is 10.0. The highest BCUT2D eigenvalue weighted by atomic mass is 19.1. The Kier molecular flexibility index (Phi) is 5.29. The molecule has 1 fully saturated rings. The van der Waals surface area contributed by atoms with Crippen molar-refractivity contribution in [1.82, 2.24) is 9.88 Å². The van der Waals surface area contributed by atoms with Crippen molar-refractivity contribution < 1.29 is 13.2 Å². The van der Waals surface area contributed by atoms with Crippen molar-refractivity contribution in [1.29, 1.82) is 5.26 Å². The fourth-order valence-corrected chi connectivity index (χ4v) is 3.16. The van der Waals surface area contributed by atoms with E-state index in [1.165, 1.54) is 12.1 Å². The number of nitrogens with one attached hydrogen (secondary N) is 1. The van der Waals surface area contributed by atoms with Gasteiger partial charge in [-0.2, -0.15) is 5.26 Å². The maximum atomic E-state index is 14.3. The lowest BCUT2D eigenvalue weighted by Gasteiger charge is -2.28. The van der Waals surface area contributed by atoms with Gasteiger partial charge in [-0.25, -0.2) is 13.8 Å². The number of benzene rings is 1. The average Bonchev–Trinajstić information content (AvgIpc) is 3.26. The zero-order valence-corrected chi connectivity index (χ0v) is 14.1. The summed E-state index contributed by atoms with van der Waals surface area (Å²) in [5, 5.41) is 12.3. The quantitative estimate of drug-likeness (QED) is 0.865. The van der Waals surface area contributed by atoms with E-state index in [2.05, 4.69) is 15.2 Å². The summed E-state index contributed by atoms with van der Waals surface area (Å²) in [4.78, 5) is 6.26. The van der Waals surface area contributed by atoms with Gasteiger partial charge < -0.3 is 9.73 Å². The minimum atomic E-state index is -0.594. The van der Waals surface area contributed by atoms with Gasteiger partial charge in [-0.05, 0) is 32.0 Å². The van der Waals surface area contributed by atoms with E-state index in [9.17, 15) is 14.0 Å². The summed E-state index contributed by atoms with van der Waals surface area (Å²) >= 11 is 0. The molecule has 2 aromatic rings. The summed E-state index contributed by atoms with van der Waals surface area (Å²) in [6.45, 7) is 3.93. The van der Waals surface area contributed by atoms with Crippen molar-refractivity contribution in [2.75, 3.05) is 25.0 Å². The van der Waals surface area contributed by atoms with Gasteiger partial charge in [0.25, 0.3) is 0 Å². The van der Waals surface area contributed by atoms with Crippen LogP contribution in [0.2, 0.25) is 0 Å². The highest BCUT2D eigenvalue weighted by Gasteiger charge is 2.26. The summed E-state index contributed by atoms with van der Waals surface area (Å²) < 4.78 is 33.1. The van der Waals surface area contributed by atoms with Crippen molar-refractivity contribution in [3.63, 3.8) is 0 Å². The Balaban J connectivity index is 1.83. The van der Waals surface area contributed by atoms with Crippen LogP contribution < -0.4 is 5.32 Å². The minimum absolute atomic E-state index is 0.191. The Hall–Kier alpha value is -2.46. The molecule has 7 heteroatoms. The van der Waals surface area contributed by atoms with E-state index in [-0.39, 0.29) is 11.7 Å². The SMILES string of the molecule is CCc1nc(C#N)c(NCC(c2ccc(F)cc2F)N2CCCC2)o1. The van der Waals surface area contributed by atoms with Gasteiger partial charge >= 0.3 is 0 Å². The van der Waals surface area contributed by atoms with Crippen LogP contribution in [0.15, 0.2) is 22.6 Å². The molecule has 0 saturated carbocycles. The molecule has 0 amide bonds. The topological polar surface area (TPSA) is 65.1 Å². The molecule has 0 spiro atoms. The summed E-state index contributed by atoms with van der Waals surface area (Å²) in [5.74, 6) is -0.384. The molecule has 3 rings (SSSR count). The van der Waals surface area contributed by atoms with Gasteiger partial charge in [0, 0.05) is 24.6 Å². The first-order valence-corrected chi connectivity index (χ1v) is 8.45. The van der Waals surface area contributed by atoms with Gasteiger partial charge in [-0.3, -0.25) is 4.90 Å². The minimum Gasteiger partial charge on any atom is -0.424 e. The maximum absolute atomic E-state index is 14.3. The van der Waals surface area contributed by atoms with Crippen molar-refractivity contribution in [2.45, 2.75) is 32.2 Å². The number of rotatable bonds is 6. The molecule has 1 aromatic carbocycles. The molecule has 132 valence electrons. The predicted octanol–water partition coefficient (Wildman–Crippen LogP) is 3.64. The van der Waals surface area contributed by atoms with Crippen LogP contribution in [0.3, 0.4) is 0 Å². The molecule has 1 unspecified atom stereocenters. The Bertz CT molecular complexity index is 778. The number of likely N-dealkylation sites (tertiary alicyclic amines) is 1. The monoisotopic (exact) mass is 346 g/mol. The lowest BCUT2D eigenvalue weighted by Crippen LogP contribution is -2.31. The predicted molar refractivity (Wildman–Crippen MR) is 89.0 cm³/mol. The van der Waals surface area contributed by atoms with E-state index in [1.807, 2.05) is 13.0 Å². The first-order valence-electron chi connectivity index (χ1n) is 8.45. The van der Waals surface area contributed by atoms with Crippen LogP contribution >= 0.6 is 0 Å². The number of aryl methyl sites for hydroxylation is 1. The van der Waals surface area contributed by atoms with Crippen molar-refractivity contribution >= 4 is 5.88 Å². The van der Waals surface area contributed by atoms with E-state index in [4.69, 9.17) is 4.42 Å². The number of hydrogen-bond acceptors (Lipinski definition) is 5. The smallest absolute Gasteiger partial charge is 0.232 e. The fourth-order valence-electron chi connectivity index (χ4n) is 3.16. The largest absolute Gasteiger partial charge is 0.424 e. The highest BCUT2D eigenvalue weighted by Crippen LogP contribution is 2.28. The number of oxazole rings is 1. The second kappa shape index (κ2) is 7.62. The molecule has 25 heavy (non-hydrogen) atoms. The second-order valence-corrected chi connectivity index (χ2v) is 6.06. The van der Waals surface area contributed by atoms with E-state index in [0.717, 1.165) is 32.0 Å². The number of hydrogen-bond donors (Lipinski definition) is 1. The molecule has 0 bridgehead atoms. The van der Waals surface area contributed by atoms with Crippen LogP contribution in [0.4, 0.5) is 14.7 Å². The first-order chi connectivity index (χ1) is 12.1. The third kappa shape index (κ3) is 3.80. The Morgan fingerprint density at radius 1 is 1.36 bits per heavy atom. The normalized spacial score (nSPS) is 15.9. The van der Waals surface area contributed by atoms with Gasteiger partial charge in [0.05, 0.1) is 6.04 Å².